The minimum absolute atomic E-state index is 0.573. The van der Waals surface area contributed by atoms with Crippen LogP contribution in [0.15, 0.2) is 6.20 Å². The van der Waals surface area contributed by atoms with Crippen LogP contribution in [0.5, 0.6) is 0 Å². The molecule has 0 aromatic carbocycles. The third kappa shape index (κ3) is 2.71. The predicted molar refractivity (Wildman–Crippen MR) is 72.7 cm³/mol. The van der Waals surface area contributed by atoms with E-state index < -0.39 is 5.60 Å². The first-order chi connectivity index (χ1) is 8.57. The highest BCUT2D eigenvalue weighted by atomic mass is 35.5. The lowest BCUT2D eigenvalue weighted by Crippen LogP contribution is -2.31. The number of aryl methyl sites for hydroxylation is 1. The van der Waals surface area contributed by atoms with Crippen LogP contribution < -0.4 is 0 Å². The van der Waals surface area contributed by atoms with E-state index in [0.29, 0.717) is 5.02 Å². The Labute approximate surface area is 114 Å². The van der Waals surface area contributed by atoms with Crippen molar-refractivity contribution in [1.29, 1.82) is 0 Å². The van der Waals surface area contributed by atoms with Gasteiger partial charge in [0.1, 0.15) is 5.60 Å². The molecular weight excluding hydrogens is 250 g/mol. The van der Waals surface area contributed by atoms with Crippen LogP contribution in [0.2, 0.25) is 5.02 Å². The summed E-state index contributed by atoms with van der Waals surface area (Å²) in [6.45, 7) is 5.28. The molecule has 1 aromatic rings. The van der Waals surface area contributed by atoms with Crippen molar-refractivity contribution in [3.63, 3.8) is 0 Å². The van der Waals surface area contributed by atoms with Gasteiger partial charge in [-0.15, -0.1) is 0 Å². The van der Waals surface area contributed by atoms with Gasteiger partial charge in [0.15, 0.2) is 0 Å². The van der Waals surface area contributed by atoms with Gasteiger partial charge < -0.3 is 10.0 Å². The molecule has 1 fully saturated rings. The molecule has 0 amide bonds. The summed E-state index contributed by atoms with van der Waals surface area (Å²) in [5.74, 6) is 0. The molecule has 102 valence electrons. The topological polar surface area (TPSA) is 41.3 Å². The summed E-state index contributed by atoms with van der Waals surface area (Å²) >= 11 is 6.16. The minimum atomic E-state index is -0.829. The monoisotopic (exact) mass is 271 g/mol. The number of aliphatic hydroxyl groups is 1. The molecule has 1 aromatic heterocycles. The van der Waals surface area contributed by atoms with Crippen molar-refractivity contribution in [1.82, 2.24) is 14.7 Å². The Hall–Kier alpha value is -0.580. The fourth-order valence-electron chi connectivity index (χ4n) is 2.89. The zero-order chi connectivity index (χ0) is 13.2. The van der Waals surface area contributed by atoms with E-state index >= 15 is 0 Å². The van der Waals surface area contributed by atoms with Gasteiger partial charge in [0.2, 0.25) is 0 Å². The highest BCUT2D eigenvalue weighted by Gasteiger charge is 2.36. The number of halogens is 1. The molecule has 5 heteroatoms. The molecule has 1 aliphatic heterocycles. The van der Waals surface area contributed by atoms with Crippen LogP contribution in [0.25, 0.3) is 0 Å². The van der Waals surface area contributed by atoms with Crippen molar-refractivity contribution in [2.75, 3.05) is 19.6 Å². The molecule has 0 saturated carbocycles. The van der Waals surface area contributed by atoms with Crippen molar-refractivity contribution in [2.45, 2.75) is 38.2 Å². The molecule has 2 heterocycles. The smallest absolute Gasteiger partial charge is 0.109 e. The molecule has 0 bridgehead atoms. The molecule has 1 atom stereocenters. The lowest BCUT2D eigenvalue weighted by molar-refractivity contribution is 0.0135. The summed E-state index contributed by atoms with van der Waals surface area (Å²) < 4.78 is 1.71. The Bertz CT molecular complexity index is 387. The van der Waals surface area contributed by atoms with Crippen molar-refractivity contribution in [3.05, 3.63) is 16.9 Å². The van der Waals surface area contributed by atoms with Crippen molar-refractivity contribution in [2.24, 2.45) is 7.05 Å². The van der Waals surface area contributed by atoms with E-state index in [1.54, 1.807) is 10.9 Å². The standard InChI is InChI=1S/C13H22ClN3O/c1-3-7-17-8-4-5-13(18,6-9-17)12-11(14)10-15-16(12)2/h10,18H,3-9H2,1-2H3. The molecule has 1 aliphatic rings. The predicted octanol–water partition coefficient (Wildman–Crippen LogP) is 2.16. The van der Waals surface area contributed by atoms with Gasteiger partial charge in [0.05, 0.1) is 16.9 Å². The molecule has 4 nitrogen and oxygen atoms in total. The average Bonchev–Trinajstić information content (AvgIpc) is 2.55. The van der Waals surface area contributed by atoms with Crippen LogP contribution in [-0.2, 0) is 12.6 Å². The quantitative estimate of drug-likeness (QED) is 0.916. The Morgan fingerprint density at radius 1 is 1.44 bits per heavy atom. The summed E-state index contributed by atoms with van der Waals surface area (Å²) in [4.78, 5) is 2.42. The van der Waals surface area contributed by atoms with Crippen LogP contribution in [0, 0.1) is 0 Å². The van der Waals surface area contributed by atoms with Crippen molar-refractivity contribution < 1.29 is 5.11 Å². The number of rotatable bonds is 3. The lowest BCUT2D eigenvalue weighted by atomic mass is 9.91. The maximum absolute atomic E-state index is 10.9. The Morgan fingerprint density at radius 3 is 2.83 bits per heavy atom. The number of nitrogens with zero attached hydrogens (tertiary/aromatic N) is 3. The second kappa shape index (κ2) is 5.59. The molecule has 1 N–H and O–H groups in total. The van der Waals surface area contributed by atoms with Gasteiger partial charge in [-0.25, -0.2) is 0 Å². The van der Waals surface area contributed by atoms with Gasteiger partial charge >= 0.3 is 0 Å². The second-order valence-corrected chi connectivity index (χ2v) is 5.60. The Kier molecular flexibility index (Phi) is 4.30. The van der Waals surface area contributed by atoms with Gasteiger partial charge in [-0.2, -0.15) is 5.10 Å². The summed E-state index contributed by atoms with van der Waals surface area (Å²) in [5, 5.41) is 15.6. The SMILES string of the molecule is CCCN1CCCC(O)(c2c(Cl)cnn2C)CC1. The average molecular weight is 272 g/mol. The highest BCUT2D eigenvalue weighted by molar-refractivity contribution is 6.31. The fraction of sp³-hybridized carbons (Fsp3) is 0.769. The van der Waals surface area contributed by atoms with Crippen LogP contribution in [-0.4, -0.2) is 39.4 Å². The molecule has 0 radical (unpaired) electrons. The van der Waals surface area contributed by atoms with E-state index in [9.17, 15) is 5.11 Å². The van der Waals surface area contributed by atoms with Crippen LogP contribution >= 0.6 is 11.6 Å². The highest BCUT2D eigenvalue weighted by Crippen LogP contribution is 2.36. The zero-order valence-electron chi connectivity index (χ0n) is 11.2. The number of hydrogen-bond acceptors (Lipinski definition) is 3. The summed E-state index contributed by atoms with van der Waals surface area (Å²) in [6.07, 6.45) is 5.26. The van der Waals surface area contributed by atoms with Crippen LogP contribution in [0.1, 0.15) is 38.3 Å². The van der Waals surface area contributed by atoms with E-state index in [4.69, 9.17) is 11.6 Å². The third-order valence-corrected chi connectivity index (χ3v) is 4.06. The number of hydrogen-bond donors (Lipinski definition) is 1. The first-order valence-corrected chi connectivity index (χ1v) is 7.07. The van der Waals surface area contributed by atoms with Gasteiger partial charge in [0, 0.05) is 13.6 Å². The third-order valence-electron chi connectivity index (χ3n) is 3.78. The van der Waals surface area contributed by atoms with Crippen LogP contribution in [0.3, 0.4) is 0 Å². The fourth-order valence-corrected chi connectivity index (χ4v) is 3.23. The van der Waals surface area contributed by atoms with Gasteiger partial charge in [-0.1, -0.05) is 18.5 Å². The van der Waals surface area contributed by atoms with E-state index in [-0.39, 0.29) is 0 Å². The first kappa shape index (κ1) is 13.8. The number of likely N-dealkylation sites (tertiary alicyclic amines) is 1. The number of aromatic nitrogens is 2. The van der Waals surface area contributed by atoms with Gasteiger partial charge in [-0.3, -0.25) is 4.68 Å². The van der Waals surface area contributed by atoms with E-state index in [0.717, 1.165) is 51.0 Å². The second-order valence-electron chi connectivity index (χ2n) is 5.19. The summed E-state index contributed by atoms with van der Waals surface area (Å²) in [6, 6.07) is 0. The maximum Gasteiger partial charge on any atom is 0.109 e. The summed E-state index contributed by atoms with van der Waals surface area (Å²) in [5.41, 5.74) is -0.0623. The van der Waals surface area contributed by atoms with Gasteiger partial charge in [0.25, 0.3) is 0 Å². The molecule has 0 spiro atoms. The minimum Gasteiger partial charge on any atom is -0.383 e. The summed E-state index contributed by atoms with van der Waals surface area (Å²) in [7, 11) is 1.84. The Morgan fingerprint density at radius 2 is 2.22 bits per heavy atom. The maximum atomic E-state index is 10.9. The van der Waals surface area contributed by atoms with Crippen LogP contribution in [0.4, 0.5) is 0 Å². The van der Waals surface area contributed by atoms with E-state index in [2.05, 4.69) is 16.9 Å². The largest absolute Gasteiger partial charge is 0.383 e. The van der Waals surface area contributed by atoms with Gasteiger partial charge in [-0.05, 0) is 38.8 Å². The molecule has 18 heavy (non-hydrogen) atoms. The first-order valence-electron chi connectivity index (χ1n) is 6.69. The Balaban J connectivity index is 2.17. The molecule has 2 rings (SSSR count). The lowest BCUT2D eigenvalue weighted by Gasteiger charge is -2.27. The van der Waals surface area contributed by atoms with E-state index in [1.165, 1.54) is 0 Å². The molecular formula is C13H22ClN3O. The van der Waals surface area contributed by atoms with E-state index in [1.807, 2.05) is 7.05 Å². The normalized spacial score (nSPS) is 26.2. The zero-order valence-corrected chi connectivity index (χ0v) is 11.9. The molecule has 1 unspecified atom stereocenters. The van der Waals surface area contributed by atoms with Crippen molar-refractivity contribution in [3.8, 4) is 0 Å². The molecule has 1 saturated heterocycles. The molecule has 0 aliphatic carbocycles. The van der Waals surface area contributed by atoms with Crippen molar-refractivity contribution >= 4 is 11.6 Å².